The fourth-order valence-corrected chi connectivity index (χ4v) is 4.92. The topological polar surface area (TPSA) is 87.6 Å². The number of aliphatic imine (C=N–C) groups is 1. The van der Waals surface area contributed by atoms with Crippen molar-refractivity contribution >= 4 is 21.8 Å². The summed E-state index contributed by atoms with van der Waals surface area (Å²) in [5.41, 5.74) is 2.93. The summed E-state index contributed by atoms with van der Waals surface area (Å²) in [6, 6.07) is 14.0. The number of hydrogen-bond acceptors (Lipinski definition) is 4. The molecule has 6 nitrogen and oxygen atoms in total. The molecule has 2 N–H and O–H groups in total. The SMILES string of the molecule is C[C@H](N=C1NS(=O)(=O)c2ccccc21)C(=O)N[C@@H]1CCCc2ccccc21. The van der Waals surface area contributed by atoms with Crippen LogP contribution in [0.1, 0.15) is 42.5 Å². The molecule has 1 amide bonds. The second-order valence-electron chi connectivity index (χ2n) is 6.91. The molecule has 2 aromatic rings. The molecule has 0 fully saturated rings. The fourth-order valence-electron chi connectivity index (χ4n) is 3.68. The van der Waals surface area contributed by atoms with Crippen LogP contribution >= 0.6 is 0 Å². The number of carbonyl (C=O) groups excluding carboxylic acids is 1. The van der Waals surface area contributed by atoms with E-state index in [0.29, 0.717) is 5.56 Å². The Morgan fingerprint density at radius 1 is 1.19 bits per heavy atom. The molecule has 0 aromatic heterocycles. The quantitative estimate of drug-likeness (QED) is 0.853. The summed E-state index contributed by atoms with van der Waals surface area (Å²) < 4.78 is 26.8. The van der Waals surface area contributed by atoms with E-state index in [1.165, 1.54) is 11.6 Å². The van der Waals surface area contributed by atoms with E-state index in [9.17, 15) is 13.2 Å². The number of aryl methyl sites for hydroxylation is 1. The second kappa shape index (κ2) is 6.81. The molecule has 2 aliphatic rings. The number of rotatable bonds is 3. The molecule has 140 valence electrons. The van der Waals surface area contributed by atoms with E-state index >= 15 is 0 Å². The lowest BCUT2D eigenvalue weighted by atomic mass is 9.87. The number of amides is 1. The molecule has 0 bridgehead atoms. The van der Waals surface area contributed by atoms with Crippen LogP contribution in [0, 0.1) is 0 Å². The first-order chi connectivity index (χ1) is 13.0. The lowest BCUT2D eigenvalue weighted by molar-refractivity contribution is -0.122. The maximum atomic E-state index is 12.7. The van der Waals surface area contributed by atoms with E-state index < -0.39 is 16.1 Å². The fraction of sp³-hybridized carbons (Fsp3) is 0.300. The van der Waals surface area contributed by atoms with Gasteiger partial charge in [0.1, 0.15) is 11.9 Å². The van der Waals surface area contributed by atoms with Crippen LogP contribution in [0.25, 0.3) is 0 Å². The number of hydrogen-bond donors (Lipinski definition) is 2. The standard InChI is InChI=1S/C20H21N3O3S/c1-13(21-19-16-10-4-5-12-18(16)27(25,26)23-19)20(24)22-17-11-6-8-14-7-2-3-9-15(14)17/h2-5,7,9-10,12-13,17H,6,8,11H2,1H3,(H,21,23)(H,22,24)/t13-,17+/m0/s1. The monoisotopic (exact) mass is 383 g/mol. The minimum Gasteiger partial charge on any atom is -0.347 e. The van der Waals surface area contributed by atoms with E-state index in [1.807, 2.05) is 12.1 Å². The second-order valence-corrected chi connectivity index (χ2v) is 8.56. The lowest BCUT2D eigenvalue weighted by Gasteiger charge is -2.27. The van der Waals surface area contributed by atoms with E-state index in [4.69, 9.17) is 0 Å². The zero-order valence-electron chi connectivity index (χ0n) is 15.0. The first-order valence-electron chi connectivity index (χ1n) is 9.04. The summed E-state index contributed by atoms with van der Waals surface area (Å²) >= 11 is 0. The average Bonchev–Trinajstić information content (AvgIpc) is 2.92. The minimum absolute atomic E-state index is 0.0299. The van der Waals surface area contributed by atoms with Crippen molar-refractivity contribution in [1.82, 2.24) is 10.0 Å². The molecule has 0 unspecified atom stereocenters. The van der Waals surface area contributed by atoms with Gasteiger partial charge in [-0.25, -0.2) is 8.42 Å². The van der Waals surface area contributed by atoms with Crippen LogP contribution in [0.4, 0.5) is 0 Å². The van der Waals surface area contributed by atoms with Crippen molar-refractivity contribution in [2.45, 2.75) is 43.2 Å². The van der Waals surface area contributed by atoms with Gasteiger partial charge in [-0.1, -0.05) is 36.4 Å². The third-order valence-electron chi connectivity index (χ3n) is 5.05. The molecule has 2 aromatic carbocycles. The Kier molecular flexibility index (Phi) is 4.47. The molecule has 1 aliphatic carbocycles. The van der Waals surface area contributed by atoms with Gasteiger partial charge in [0.25, 0.3) is 10.0 Å². The summed E-state index contributed by atoms with van der Waals surface area (Å²) in [4.78, 5) is 17.2. The van der Waals surface area contributed by atoms with Gasteiger partial charge >= 0.3 is 0 Å². The number of sulfonamides is 1. The Labute approximate surface area is 158 Å². The van der Waals surface area contributed by atoms with Crippen molar-refractivity contribution in [3.8, 4) is 0 Å². The van der Waals surface area contributed by atoms with Gasteiger partial charge in [-0.2, -0.15) is 0 Å². The maximum Gasteiger partial charge on any atom is 0.263 e. The summed E-state index contributed by atoms with van der Waals surface area (Å²) in [5, 5.41) is 3.07. The molecule has 2 atom stereocenters. The maximum absolute atomic E-state index is 12.7. The van der Waals surface area contributed by atoms with Crippen molar-refractivity contribution < 1.29 is 13.2 Å². The number of nitrogens with one attached hydrogen (secondary N) is 2. The van der Waals surface area contributed by atoms with Gasteiger partial charge in [0.2, 0.25) is 5.91 Å². The Morgan fingerprint density at radius 2 is 1.93 bits per heavy atom. The van der Waals surface area contributed by atoms with Gasteiger partial charge in [-0.15, -0.1) is 0 Å². The molecule has 7 heteroatoms. The zero-order chi connectivity index (χ0) is 19.0. The minimum atomic E-state index is -3.61. The molecule has 1 aliphatic heterocycles. The van der Waals surface area contributed by atoms with Crippen LogP contribution in [-0.4, -0.2) is 26.2 Å². The van der Waals surface area contributed by atoms with Crippen LogP contribution in [-0.2, 0) is 21.2 Å². The smallest absolute Gasteiger partial charge is 0.263 e. The molecular formula is C20H21N3O3S. The average molecular weight is 383 g/mol. The highest BCUT2D eigenvalue weighted by atomic mass is 32.2. The van der Waals surface area contributed by atoms with Crippen molar-refractivity contribution in [1.29, 1.82) is 0 Å². The predicted octanol–water partition coefficient (Wildman–Crippen LogP) is 2.31. The van der Waals surface area contributed by atoms with Gasteiger partial charge in [-0.05, 0) is 49.4 Å². The highest BCUT2D eigenvalue weighted by Crippen LogP contribution is 2.29. The molecule has 4 rings (SSSR count). The molecule has 27 heavy (non-hydrogen) atoms. The first-order valence-corrected chi connectivity index (χ1v) is 10.5. The first kappa shape index (κ1) is 17.7. The molecule has 0 spiro atoms. The molecule has 1 heterocycles. The van der Waals surface area contributed by atoms with Crippen LogP contribution in [0.2, 0.25) is 0 Å². The summed E-state index contributed by atoms with van der Waals surface area (Å²) in [7, 11) is -3.61. The van der Waals surface area contributed by atoms with Gasteiger partial charge in [-0.3, -0.25) is 14.5 Å². The Hall–Kier alpha value is -2.67. The van der Waals surface area contributed by atoms with Crippen LogP contribution < -0.4 is 10.0 Å². The number of benzene rings is 2. The highest BCUT2D eigenvalue weighted by molar-refractivity contribution is 7.90. The van der Waals surface area contributed by atoms with Crippen LogP contribution in [0.5, 0.6) is 0 Å². The van der Waals surface area contributed by atoms with Gasteiger partial charge < -0.3 is 5.32 Å². The van der Waals surface area contributed by atoms with E-state index in [1.54, 1.807) is 25.1 Å². The normalized spacial score (nSPS) is 22.4. The Balaban J connectivity index is 1.54. The summed E-state index contributed by atoms with van der Waals surface area (Å²) in [6.45, 7) is 1.67. The third-order valence-corrected chi connectivity index (χ3v) is 6.45. The van der Waals surface area contributed by atoms with Gasteiger partial charge in [0, 0.05) is 5.56 Å². The molecule has 0 saturated carbocycles. The van der Waals surface area contributed by atoms with E-state index in [0.717, 1.165) is 24.8 Å². The highest BCUT2D eigenvalue weighted by Gasteiger charge is 2.31. The summed E-state index contributed by atoms with van der Waals surface area (Å²) in [5.74, 6) is 0.00470. The molecule has 0 saturated heterocycles. The van der Waals surface area contributed by atoms with Gasteiger partial charge in [0.15, 0.2) is 0 Å². The lowest BCUT2D eigenvalue weighted by Crippen LogP contribution is -2.37. The van der Waals surface area contributed by atoms with Crippen LogP contribution in [0.3, 0.4) is 0 Å². The molecule has 0 radical (unpaired) electrons. The predicted molar refractivity (Wildman–Crippen MR) is 103 cm³/mol. The molecular weight excluding hydrogens is 362 g/mol. The van der Waals surface area contributed by atoms with Crippen molar-refractivity contribution in [3.63, 3.8) is 0 Å². The zero-order valence-corrected chi connectivity index (χ0v) is 15.8. The van der Waals surface area contributed by atoms with E-state index in [-0.39, 0.29) is 22.7 Å². The van der Waals surface area contributed by atoms with Crippen LogP contribution in [0.15, 0.2) is 58.4 Å². The number of amidine groups is 1. The number of nitrogens with zero attached hydrogens (tertiary/aromatic N) is 1. The number of fused-ring (bicyclic) bond motifs is 2. The third kappa shape index (κ3) is 3.35. The van der Waals surface area contributed by atoms with Gasteiger partial charge in [0.05, 0.1) is 10.9 Å². The van der Waals surface area contributed by atoms with Crippen molar-refractivity contribution in [3.05, 3.63) is 65.2 Å². The number of carbonyl (C=O) groups is 1. The van der Waals surface area contributed by atoms with Crippen molar-refractivity contribution in [2.75, 3.05) is 0 Å². The largest absolute Gasteiger partial charge is 0.347 e. The Morgan fingerprint density at radius 3 is 2.78 bits per heavy atom. The Bertz CT molecular complexity index is 1030. The van der Waals surface area contributed by atoms with E-state index in [2.05, 4.69) is 27.2 Å². The summed E-state index contributed by atoms with van der Waals surface area (Å²) in [6.07, 6.45) is 2.94. The van der Waals surface area contributed by atoms with Crippen molar-refractivity contribution in [2.24, 2.45) is 4.99 Å².